The summed E-state index contributed by atoms with van der Waals surface area (Å²) >= 11 is 0. The molecule has 2 aromatic carbocycles. The van der Waals surface area contributed by atoms with Gasteiger partial charge in [-0.3, -0.25) is 4.79 Å². The topological polar surface area (TPSA) is 175 Å². The molecule has 3 aliphatic rings. The van der Waals surface area contributed by atoms with E-state index in [1.165, 1.54) is 16.3 Å². The largest absolute Gasteiger partial charge is 0.483 e. The molecule has 0 radical (unpaired) electrons. The average molecular weight is 582 g/mol. The Morgan fingerprint density at radius 2 is 1.74 bits per heavy atom. The first-order valence-corrected chi connectivity index (χ1v) is 13.5. The lowest BCUT2D eigenvalue weighted by Gasteiger charge is -2.43. The lowest BCUT2D eigenvalue weighted by Crippen LogP contribution is -2.60. The van der Waals surface area contributed by atoms with Gasteiger partial charge in [0.25, 0.3) is 0 Å². The molecule has 0 saturated carbocycles. The number of nitrogens with zero attached hydrogens (tertiary/aromatic N) is 3. The van der Waals surface area contributed by atoms with Crippen molar-refractivity contribution in [1.82, 2.24) is 13.9 Å². The Morgan fingerprint density at radius 1 is 1.02 bits per heavy atom. The van der Waals surface area contributed by atoms with Gasteiger partial charge in [-0.15, -0.1) is 0 Å². The predicted octanol–water partition coefficient (Wildman–Crippen LogP) is -0.118. The van der Waals surface area contributed by atoms with Crippen molar-refractivity contribution < 1.29 is 39.4 Å². The molecule has 6 rings (SSSR count). The third-order valence-corrected chi connectivity index (χ3v) is 8.06. The first-order valence-electron chi connectivity index (χ1n) is 13.5. The summed E-state index contributed by atoms with van der Waals surface area (Å²) in [7, 11) is 0. The molecule has 3 aromatic rings. The number of aromatic nitrogens is 3. The second-order valence-corrected chi connectivity index (χ2v) is 11.1. The van der Waals surface area contributed by atoms with Crippen LogP contribution in [0.25, 0.3) is 5.69 Å². The number of benzene rings is 2. The minimum absolute atomic E-state index is 0.133. The molecule has 13 heteroatoms. The van der Waals surface area contributed by atoms with Gasteiger partial charge in [-0.25, -0.2) is 23.5 Å². The fraction of sp³-hybridized carbons (Fsp3) is 0.414. The Bertz CT molecular complexity index is 1700. The van der Waals surface area contributed by atoms with Crippen LogP contribution in [0.2, 0.25) is 0 Å². The number of allylic oxidation sites excluding steroid dienone is 1. The van der Waals surface area contributed by atoms with Gasteiger partial charge in [0.2, 0.25) is 6.29 Å². The molecule has 13 nitrogen and oxygen atoms in total. The van der Waals surface area contributed by atoms with Crippen LogP contribution in [0, 0.1) is 0 Å². The van der Waals surface area contributed by atoms with E-state index in [-0.39, 0.29) is 18.1 Å². The van der Waals surface area contributed by atoms with E-state index in [1.54, 1.807) is 42.5 Å². The van der Waals surface area contributed by atoms with Gasteiger partial charge in [0.05, 0.1) is 18.8 Å². The van der Waals surface area contributed by atoms with E-state index in [1.807, 2.05) is 19.9 Å². The van der Waals surface area contributed by atoms with Crippen molar-refractivity contribution in [3.8, 4) is 17.2 Å². The molecule has 3 aliphatic heterocycles. The highest BCUT2D eigenvalue weighted by Gasteiger charge is 2.46. The van der Waals surface area contributed by atoms with Crippen molar-refractivity contribution in [2.24, 2.45) is 0 Å². The number of carbonyl (C=O) groups excluding carboxylic acids is 1. The summed E-state index contributed by atoms with van der Waals surface area (Å²) in [5.41, 5.74) is 0.189. The SMILES string of the molecule is CC(=O)c1ccc(-n2c(=O)n3n(c2=O)C2C(=CC3)C(C)(C)Oc3cc(O[C@@H]4O[C@H](CO)[C@H](O)[C@H](O)[C@H]4O)ccc32)cc1. The number of ketones is 1. The Kier molecular flexibility index (Phi) is 6.74. The molecule has 4 heterocycles. The van der Waals surface area contributed by atoms with Gasteiger partial charge >= 0.3 is 11.4 Å². The number of rotatable bonds is 5. The van der Waals surface area contributed by atoms with Crippen LogP contribution < -0.4 is 20.9 Å². The fourth-order valence-corrected chi connectivity index (χ4v) is 5.81. The minimum atomic E-state index is -1.60. The molecular formula is C29H31N3O10. The molecule has 1 saturated heterocycles. The number of Topliss-reactive ketones (excluding diaryl/α,β-unsaturated/α-hetero) is 1. The quantitative estimate of drug-likeness (QED) is 0.235. The molecule has 0 aliphatic carbocycles. The Hall–Kier alpha value is -4.01. The average Bonchev–Trinajstić information content (AvgIpc) is 3.22. The van der Waals surface area contributed by atoms with Crippen LogP contribution in [-0.4, -0.2) is 83.1 Å². The van der Waals surface area contributed by atoms with Crippen LogP contribution in [-0.2, 0) is 11.3 Å². The maximum atomic E-state index is 13.8. The maximum absolute atomic E-state index is 13.8. The molecule has 4 N–H and O–H groups in total. The van der Waals surface area contributed by atoms with Crippen molar-refractivity contribution in [3.63, 3.8) is 0 Å². The lowest BCUT2D eigenvalue weighted by atomic mass is 9.83. The number of fused-ring (bicyclic) bond motifs is 5. The first kappa shape index (κ1) is 28.1. The van der Waals surface area contributed by atoms with Gasteiger partial charge in [-0.05, 0) is 62.7 Å². The van der Waals surface area contributed by atoms with Gasteiger partial charge in [0.1, 0.15) is 47.6 Å². The van der Waals surface area contributed by atoms with Crippen LogP contribution in [0.1, 0.15) is 42.7 Å². The molecule has 222 valence electrons. The summed E-state index contributed by atoms with van der Waals surface area (Å²) in [6, 6.07) is 10.4. The second-order valence-electron chi connectivity index (χ2n) is 11.1. The van der Waals surface area contributed by atoms with E-state index >= 15 is 0 Å². The standard InChI is InChI=1S/C29H31N3O10/c1-14(34)15-4-6-16(7-5-15)31-27(38)30-11-10-19-22(32(30)28(31)39)18-9-8-17(12-20(18)42-29(19,2)3)40-26-25(37)24(36)23(35)21(13-33)41-26/h4-10,12,21-26,33,35-37H,11,13H2,1-3H3/t21-,22?,23+,24+,25-,26-/m1/s1. The highest BCUT2D eigenvalue weighted by Crippen LogP contribution is 2.47. The summed E-state index contributed by atoms with van der Waals surface area (Å²) in [4.78, 5) is 39.0. The molecule has 42 heavy (non-hydrogen) atoms. The zero-order valence-electron chi connectivity index (χ0n) is 23.1. The van der Waals surface area contributed by atoms with E-state index in [2.05, 4.69) is 0 Å². The normalized spacial score (nSPS) is 27.6. The molecule has 0 spiro atoms. The molecule has 6 atom stereocenters. The number of carbonyl (C=O) groups is 1. The van der Waals surface area contributed by atoms with Crippen LogP contribution in [0.15, 0.2) is 63.7 Å². The van der Waals surface area contributed by atoms with Gasteiger partial charge < -0.3 is 34.6 Å². The van der Waals surface area contributed by atoms with Crippen molar-refractivity contribution in [2.75, 3.05) is 6.61 Å². The molecule has 0 amide bonds. The van der Waals surface area contributed by atoms with E-state index in [4.69, 9.17) is 14.2 Å². The van der Waals surface area contributed by atoms with Gasteiger partial charge in [-0.2, -0.15) is 0 Å². The van der Waals surface area contributed by atoms with Gasteiger partial charge in [0.15, 0.2) is 5.78 Å². The highest BCUT2D eigenvalue weighted by molar-refractivity contribution is 5.94. The predicted molar refractivity (Wildman–Crippen MR) is 146 cm³/mol. The first-order chi connectivity index (χ1) is 19.9. The monoisotopic (exact) mass is 581 g/mol. The van der Waals surface area contributed by atoms with Crippen LogP contribution in [0.3, 0.4) is 0 Å². The third kappa shape index (κ3) is 4.32. The Morgan fingerprint density at radius 3 is 2.40 bits per heavy atom. The van der Waals surface area contributed by atoms with Crippen LogP contribution in [0.4, 0.5) is 0 Å². The smallest absolute Gasteiger partial charge is 0.352 e. The summed E-state index contributed by atoms with van der Waals surface area (Å²) in [5, 5.41) is 40.0. The molecule has 1 fully saturated rings. The van der Waals surface area contributed by atoms with Crippen molar-refractivity contribution in [1.29, 1.82) is 0 Å². The van der Waals surface area contributed by atoms with Crippen LogP contribution in [0.5, 0.6) is 11.5 Å². The van der Waals surface area contributed by atoms with Gasteiger partial charge in [0, 0.05) is 17.2 Å². The summed E-state index contributed by atoms with van der Waals surface area (Å²) < 4.78 is 21.4. The number of hydrogen-bond donors (Lipinski definition) is 4. The Labute approximate surface area is 239 Å². The zero-order valence-corrected chi connectivity index (χ0v) is 23.1. The van der Waals surface area contributed by atoms with Crippen LogP contribution >= 0.6 is 0 Å². The van der Waals surface area contributed by atoms with Crippen molar-refractivity contribution in [3.05, 3.63) is 86.2 Å². The van der Waals surface area contributed by atoms with E-state index in [0.717, 1.165) is 10.1 Å². The summed E-state index contributed by atoms with van der Waals surface area (Å²) in [5.74, 6) is 0.423. The zero-order chi connectivity index (χ0) is 30.1. The van der Waals surface area contributed by atoms with Crippen molar-refractivity contribution in [2.45, 2.75) is 69.7 Å². The van der Waals surface area contributed by atoms with E-state index in [9.17, 15) is 34.8 Å². The number of aliphatic hydroxyl groups excluding tert-OH is 4. The molecule has 1 aromatic heterocycles. The molecule has 0 bridgehead atoms. The summed E-state index contributed by atoms with van der Waals surface area (Å²) in [6.07, 6.45) is -5.38. The maximum Gasteiger partial charge on any atom is 0.352 e. The van der Waals surface area contributed by atoms with Crippen molar-refractivity contribution >= 4 is 5.78 Å². The van der Waals surface area contributed by atoms with Gasteiger partial charge in [-0.1, -0.05) is 6.08 Å². The minimum Gasteiger partial charge on any atom is -0.483 e. The Balaban J connectivity index is 1.39. The van der Waals surface area contributed by atoms with E-state index in [0.29, 0.717) is 22.6 Å². The fourth-order valence-electron chi connectivity index (χ4n) is 5.81. The summed E-state index contributed by atoms with van der Waals surface area (Å²) in [6.45, 7) is 4.68. The molecular weight excluding hydrogens is 550 g/mol. The third-order valence-electron chi connectivity index (χ3n) is 8.06. The highest BCUT2D eigenvalue weighted by atomic mass is 16.7. The lowest BCUT2D eigenvalue weighted by molar-refractivity contribution is -0.277. The number of aliphatic hydroxyl groups is 4. The second kappa shape index (κ2) is 10.1. The van der Waals surface area contributed by atoms with E-state index < -0.39 is 60.3 Å². The molecule has 1 unspecified atom stereocenters. The number of ether oxygens (including phenoxy) is 3. The number of hydrogen-bond acceptors (Lipinski definition) is 10.